The maximum Gasteiger partial charge on any atom is 0.255 e. The standard InChI is InChI=1S/C22H30N4O4/c27-20-8-7-19(21(28)25-20)26-14-17-16(22(26)29)5-3-6-18(17)24-11-13-30-12-9-15-4-1-2-10-23-15/h3,5-6,15,19,23-24H,1-2,4,7-14H2,(H,25,27,28). The second-order valence-corrected chi connectivity index (χ2v) is 8.21. The van der Waals surface area contributed by atoms with E-state index in [1.54, 1.807) is 11.0 Å². The lowest BCUT2D eigenvalue weighted by molar-refractivity contribution is -0.136. The first-order chi connectivity index (χ1) is 14.6. The van der Waals surface area contributed by atoms with E-state index in [0.29, 0.717) is 37.7 Å². The zero-order valence-corrected chi connectivity index (χ0v) is 17.2. The lowest BCUT2D eigenvalue weighted by Gasteiger charge is -2.29. The second-order valence-electron chi connectivity index (χ2n) is 8.21. The van der Waals surface area contributed by atoms with Crippen molar-refractivity contribution in [2.75, 3.05) is 31.6 Å². The smallest absolute Gasteiger partial charge is 0.255 e. The van der Waals surface area contributed by atoms with Crippen LogP contribution in [0.4, 0.5) is 5.69 Å². The van der Waals surface area contributed by atoms with Crippen molar-refractivity contribution in [3.8, 4) is 0 Å². The van der Waals surface area contributed by atoms with Gasteiger partial charge in [-0.1, -0.05) is 12.5 Å². The van der Waals surface area contributed by atoms with E-state index in [-0.39, 0.29) is 24.1 Å². The molecule has 0 radical (unpaired) electrons. The molecule has 0 aromatic heterocycles. The molecule has 3 aliphatic rings. The molecule has 2 fully saturated rings. The van der Waals surface area contributed by atoms with Gasteiger partial charge in [0, 0.05) is 49.0 Å². The molecule has 162 valence electrons. The Hall–Kier alpha value is -2.45. The monoisotopic (exact) mass is 414 g/mol. The number of imide groups is 1. The number of amides is 3. The number of anilines is 1. The summed E-state index contributed by atoms with van der Waals surface area (Å²) in [6, 6.07) is 5.58. The number of ether oxygens (including phenoxy) is 1. The number of nitrogens with zero attached hydrogens (tertiary/aromatic N) is 1. The van der Waals surface area contributed by atoms with E-state index < -0.39 is 6.04 Å². The molecule has 2 atom stereocenters. The summed E-state index contributed by atoms with van der Waals surface area (Å²) >= 11 is 0. The highest BCUT2D eigenvalue weighted by Gasteiger charge is 2.39. The molecule has 0 aliphatic carbocycles. The van der Waals surface area contributed by atoms with Crippen molar-refractivity contribution in [3.05, 3.63) is 29.3 Å². The van der Waals surface area contributed by atoms with Gasteiger partial charge in [0.05, 0.1) is 6.61 Å². The minimum atomic E-state index is -0.591. The van der Waals surface area contributed by atoms with Crippen LogP contribution >= 0.6 is 0 Å². The van der Waals surface area contributed by atoms with E-state index in [9.17, 15) is 14.4 Å². The molecule has 1 aromatic rings. The summed E-state index contributed by atoms with van der Waals surface area (Å²) in [4.78, 5) is 38.0. The highest BCUT2D eigenvalue weighted by atomic mass is 16.5. The fourth-order valence-corrected chi connectivity index (χ4v) is 4.51. The largest absolute Gasteiger partial charge is 0.382 e. The number of piperidine rings is 2. The minimum Gasteiger partial charge on any atom is -0.382 e. The van der Waals surface area contributed by atoms with Gasteiger partial charge >= 0.3 is 0 Å². The van der Waals surface area contributed by atoms with Crippen LogP contribution in [0.3, 0.4) is 0 Å². The Labute approximate surface area is 176 Å². The second kappa shape index (κ2) is 9.57. The van der Waals surface area contributed by atoms with Crippen LogP contribution in [-0.2, 0) is 20.9 Å². The van der Waals surface area contributed by atoms with Crippen molar-refractivity contribution < 1.29 is 19.1 Å². The Morgan fingerprint density at radius 1 is 1.13 bits per heavy atom. The number of hydrogen-bond donors (Lipinski definition) is 3. The fourth-order valence-electron chi connectivity index (χ4n) is 4.51. The van der Waals surface area contributed by atoms with E-state index >= 15 is 0 Å². The molecule has 2 unspecified atom stereocenters. The zero-order valence-electron chi connectivity index (χ0n) is 17.2. The van der Waals surface area contributed by atoms with Gasteiger partial charge in [-0.2, -0.15) is 0 Å². The van der Waals surface area contributed by atoms with Gasteiger partial charge in [-0.25, -0.2) is 0 Å². The van der Waals surface area contributed by atoms with Crippen LogP contribution in [0.5, 0.6) is 0 Å². The van der Waals surface area contributed by atoms with Crippen LogP contribution in [0.15, 0.2) is 18.2 Å². The molecule has 1 aromatic carbocycles. The molecule has 8 nitrogen and oxygen atoms in total. The van der Waals surface area contributed by atoms with Crippen molar-refractivity contribution in [1.29, 1.82) is 0 Å². The molecule has 2 saturated heterocycles. The number of fused-ring (bicyclic) bond motifs is 1. The van der Waals surface area contributed by atoms with Crippen LogP contribution in [0, 0.1) is 0 Å². The molecular weight excluding hydrogens is 384 g/mol. The summed E-state index contributed by atoms with van der Waals surface area (Å²) in [5.41, 5.74) is 2.42. The first-order valence-corrected chi connectivity index (χ1v) is 10.9. The van der Waals surface area contributed by atoms with Crippen LogP contribution in [0.25, 0.3) is 0 Å². The van der Waals surface area contributed by atoms with Gasteiger partial charge in [-0.05, 0) is 44.4 Å². The van der Waals surface area contributed by atoms with Crippen LogP contribution in [0.1, 0.15) is 54.4 Å². The quantitative estimate of drug-likeness (QED) is 0.439. The van der Waals surface area contributed by atoms with Gasteiger partial charge in [-0.3, -0.25) is 19.7 Å². The van der Waals surface area contributed by atoms with Gasteiger partial charge in [0.1, 0.15) is 6.04 Å². The van der Waals surface area contributed by atoms with E-state index in [4.69, 9.17) is 4.74 Å². The van der Waals surface area contributed by atoms with E-state index in [1.807, 2.05) is 12.1 Å². The molecule has 3 heterocycles. The molecule has 30 heavy (non-hydrogen) atoms. The average Bonchev–Trinajstić information content (AvgIpc) is 3.08. The zero-order chi connectivity index (χ0) is 20.9. The number of rotatable bonds is 8. The molecule has 0 saturated carbocycles. The highest BCUT2D eigenvalue weighted by molar-refractivity contribution is 6.06. The lowest BCUT2D eigenvalue weighted by atomic mass is 10.0. The summed E-state index contributed by atoms with van der Waals surface area (Å²) in [5, 5.41) is 9.23. The van der Waals surface area contributed by atoms with E-state index in [1.165, 1.54) is 19.3 Å². The molecule has 3 N–H and O–H groups in total. The summed E-state index contributed by atoms with van der Waals surface area (Å²) in [6.07, 6.45) is 5.47. The van der Waals surface area contributed by atoms with E-state index in [2.05, 4.69) is 16.0 Å². The normalized spacial score (nSPS) is 24.0. The third-order valence-electron chi connectivity index (χ3n) is 6.17. The predicted octanol–water partition coefficient (Wildman–Crippen LogP) is 1.41. The Balaban J connectivity index is 1.27. The number of hydrogen-bond acceptors (Lipinski definition) is 6. The van der Waals surface area contributed by atoms with Crippen LogP contribution in [0.2, 0.25) is 0 Å². The number of benzene rings is 1. The minimum absolute atomic E-state index is 0.153. The molecule has 0 spiro atoms. The number of carbonyl (C=O) groups excluding carboxylic acids is 3. The third-order valence-corrected chi connectivity index (χ3v) is 6.17. The van der Waals surface area contributed by atoms with Gasteiger partial charge in [-0.15, -0.1) is 0 Å². The number of nitrogens with one attached hydrogen (secondary N) is 3. The Kier molecular flexibility index (Phi) is 6.64. The molecule has 8 heteroatoms. The average molecular weight is 415 g/mol. The van der Waals surface area contributed by atoms with Gasteiger partial charge in [0.15, 0.2) is 0 Å². The SMILES string of the molecule is O=C1CCC(N2Cc3c(NCCOCCC4CCCCN4)cccc3C2=O)C(=O)N1. The predicted molar refractivity (Wildman–Crippen MR) is 112 cm³/mol. The Morgan fingerprint density at radius 3 is 2.83 bits per heavy atom. The maximum atomic E-state index is 12.8. The molecule has 4 rings (SSSR count). The molecule has 3 aliphatic heterocycles. The van der Waals surface area contributed by atoms with Crippen molar-refractivity contribution in [3.63, 3.8) is 0 Å². The third kappa shape index (κ3) is 4.65. The van der Waals surface area contributed by atoms with Crippen molar-refractivity contribution in [2.24, 2.45) is 0 Å². The maximum absolute atomic E-state index is 12.8. The summed E-state index contributed by atoms with van der Waals surface area (Å²) in [5.74, 6) is -0.816. The topological polar surface area (TPSA) is 99.8 Å². The first-order valence-electron chi connectivity index (χ1n) is 10.9. The Morgan fingerprint density at radius 2 is 2.03 bits per heavy atom. The Bertz CT molecular complexity index is 806. The summed E-state index contributed by atoms with van der Waals surface area (Å²) < 4.78 is 5.77. The summed E-state index contributed by atoms with van der Waals surface area (Å²) in [6.45, 7) is 3.48. The van der Waals surface area contributed by atoms with Gasteiger partial charge in [0.2, 0.25) is 11.8 Å². The molecule has 3 amide bonds. The van der Waals surface area contributed by atoms with Crippen LogP contribution < -0.4 is 16.0 Å². The molecule has 0 bridgehead atoms. The fraction of sp³-hybridized carbons (Fsp3) is 0.591. The van der Waals surface area contributed by atoms with Gasteiger partial charge in [0.25, 0.3) is 5.91 Å². The van der Waals surface area contributed by atoms with Crippen molar-refractivity contribution in [2.45, 2.75) is 57.2 Å². The number of carbonyl (C=O) groups is 3. The summed E-state index contributed by atoms with van der Waals surface area (Å²) in [7, 11) is 0. The highest BCUT2D eigenvalue weighted by Crippen LogP contribution is 2.32. The van der Waals surface area contributed by atoms with Crippen LogP contribution in [-0.4, -0.2) is 61.0 Å². The first kappa shape index (κ1) is 20.8. The van der Waals surface area contributed by atoms with Gasteiger partial charge < -0.3 is 20.3 Å². The van der Waals surface area contributed by atoms with Crippen molar-refractivity contribution >= 4 is 23.4 Å². The van der Waals surface area contributed by atoms with Crippen molar-refractivity contribution in [1.82, 2.24) is 15.5 Å². The molecular formula is C22H30N4O4. The lowest BCUT2D eigenvalue weighted by Crippen LogP contribution is -2.52. The van der Waals surface area contributed by atoms with E-state index in [0.717, 1.165) is 30.8 Å².